The van der Waals surface area contributed by atoms with Crippen LogP contribution in [-0.2, 0) is 6.42 Å². The highest BCUT2D eigenvalue weighted by Crippen LogP contribution is 2.05. The molecule has 0 spiro atoms. The second kappa shape index (κ2) is 4.42. The van der Waals surface area contributed by atoms with Gasteiger partial charge in [0.15, 0.2) is 0 Å². The van der Waals surface area contributed by atoms with Crippen molar-refractivity contribution in [1.82, 2.24) is 15.1 Å². The Bertz CT molecular complexity index is 252. The molecule has 0 aliphatic carbocycles. The van der Waals surface area contributed by atoms with Crippen molar-refractivity contribution in [3.8, 4) is 0 Å². The van der Waals surface area contributed by atoms with Crippen molar-refractivity contribution in [2.45, 2.75) is 39.3 Å². The fourth-order valence-electron chi connectivity index (χ4n) is 1.19. The molecule has 74 valence electrons. The minimum absolute atomic E-state index is 0.457. The molecule has 1 atom stereocenters. The summed E-state index contributed by atoms with van der Waals surface area (Å²) in [7, 11) is 1.98. The van der Waals surface area contributed by atoms with E-state index < -0.39 is 0 Å². The van der Waals surface area contributed by atoms with Crippen molar-refractivity contribution in [3.05, 3.63) is 18.0 Å². The molecule has 1 aromatic rings. The zero-order valence-corrected chi connectivity index (χ0v) is 8.91. The second-order valence-electron chi connectivity index (χ2n) is 3.77. The minimum atomic E-state index is 0.457. The smallest absolute Gasteiger partial charge is 0.0640 e. The van der Waals surface area contributed by atoms with Crippen LogP contribution in [0.5, 0.6) is 0 Å². The van der Waals surface area contributed by atoms with Crippen molar-refractivity contribution < 1.29 is 0 Å². The van der Waals surface area contributed by atoms with Crippen LogP contribution in [0, 0.1) is 0 Å². The molecule has 3 nitrogen and oxygen atoms in total. The summed E-state index contributed by atoms with van der Waals surface area (Å²) in [5.74, 6) is 0. The summed E-state index contributed by atoms with van der Waals surface area (Å²) in [5.41, 5.74) is 1.16. The monoisotopic (exact) mass is 181 g/mol. The second-order valence-corrected chi connectivity index (χ2v) is 3.77. The van der Waals surface area contributed by atoms with E-state index in [9.17, 15) is 0 Å². The first-order chi connectivity index (χ1) is 6.13. The van der Waals surface area contributed by atoms with Crippen molar-refractivity contribution in [2.75, 3.05) is 7.05 Å². The van der Waals surface area contributed by atoms with Crippen LogP contribution in [0.2, 0.25) is 0 Å². The van der Waals surface area contributed by atoms with Crippen LogP contribution in [0.25, 0.3) is 0 Å². The summed E-state index contributed by atoms with van der Waals surface area (Å²) in [6, 6.07) is 3.04. The van der Waals surface area contributed by atoms with Gasteiger partial charge in [0.05, 0.1) is 5.69 Å². The Kier molecular flexibility index (Phi) is 3.48. The van der Waals surface area contributed by atoms with E-state index in [4.69, 9.17) is 0 Å². The summed E-state index contributed by atoms with van der Waals surface area (Å²) < 4.78 is 2.00. The Hall–Kier alpha value is -0.830. The molecule has 13 heavy (non-hydrogen) atoms. The maximum absolute atomic E-state index is 4.47. The van der Waals surface area contributed by atoms with Gasteiger partial charge in [0.25, 0.3) is 0 Å². The highest BCUT2D eigenvalue weighted by molar-refractivity contribution is 5.01. The van der Waals surface area contributed by atoms with Gasteiger partial charge in [-0.1, -0.05) is 0 Å². The number of rotatable bonds is 4. The van der Waals surface area contributed by atoms with Crippen molar-refractivity contribution in [3.63, 3.8) is 0 Å². The van der Waals surface area contributed by atoms with Gasteiger partial charge in [-0.3, -0.25) is 4.68 Å². The first-order valence-electron chi connectivity index (χ1n) is 4.84. The molecule has 0 bridgehead atoms. The van der Waals surface area contributed by atoms with E-state index in [2.05, 4.69) is 37.3 Å². The molecule has 0 saturated carbocycles. The van der Waals surface area contributed by atoms with Gasteiger partial charge in [-0.05, 0) is 33.9 Å². The maximum Gasteiger partial charge on any atom is 0.0640 e. The number of likely N-dealkylation sites (N-methyl/N-ethyl adjacent to an activating group) is 1. The third kappa shape index (κ3) is 2.84. The molecule has 1 aromatic heterocycles. The molecule has 1 heterocycles. The lowest BCUT2D eigenvalue weighted by Gasteiger charge is -2.07. The molecule has 0 aliphatic rings. The van der Waals surface area contributed by atoms with E-state index in [0.717, 1.165) is 12.1 Å². The summed E-state index contributed by atoms with van der Waals surface area (Å²) in [6.45, 7) is 6.44. The number of nitrogens with zero attached hydrogens (tertiary/aromatic N) is 2. The van der Waals surface area contributed by atoms with Gasteiger partial charge in [0, 0.05) is 24.7 Å². The quantitative estimate of drug-likeness (QED) is 0.765. The first kappa shape index (κ1) is 10.3. The van der Waals surface area contributed by atoms with Crippen LogP contribution in [0.4, 0.5) is 0 Å². The molecule has 1 unspecified atom stereocenters. The lowest BCUT2D eigenvalue weighted by Crippen LogP contribution is -2.23. The van der Waals surface area contributed by atoms with Gasteiger partial charge in [-0.25, -0.2) is 0 Å². The predicted molar refractivity (Wildman–Crippen MR) is 54.8 cm³/mol. The van der Waals surface area contributed by atoms with E-state index in [-0.39, 0.29) is 0 Å². The van der Waals surface area contributed by atoms with Gasteiger partial charge in [-0.15, -0.1) is 0 Å². The summed E-state index contributed by atoms with van der Waals surface area (Å²) in [4.78, 5) is 0. The summed E-state index contributed by atoms with van der Waals surface area (Å²) in [6.07, 6.45) is 3.04. The molecule has 1 rings (SSSR count). The standard InChI is InChI=1S/C10H19N3/c1-8(2)13-6-5-10(12-13)7-9(3)11-4/h5-6,8-9,11H,7H2,1-4H3. The van der Waals surface area contributed by atoms with Crippen molar-refractivity contribution in [1.29, 1.82) is 0 Å². The molecule has 1 N–H and O–H groups in total. The zero-order valence-electron chi connectivity index (χ0n) is 8.91. The normalized spacial score (nSPS) is 13.6. The largest absolute Gasteiger partial charge is 0.317 e. The molecular formula is C10H19N3. The summed E-state index contributed by atoms with van der Waals surface area (Å²) in [5, 5.41) is 7.68. The number of nitrogens with one attached hydrogen (secondary N) is 1. The van der Waals surface area contributed by atoms with Crippen LogP contribution in [0.1, 0.15) is 32.5 Å². The topological polar surface area (TPSA) is 29.9 Å². The Morgan fingerprint density at radius 2 is 2.15 bits per heavy atom. The first-order valence-corrected chi connectivity index (χ1v) is 4.84. The Balaban J connectivity index is 2.58. The van der Waals surface area contributed by atoms with Gasteiger partial charge >= 0.3 is 0 Å². The molecule has 3 heteroatoms. The lowest BCUT2D eigenvalue weighted by atomic mass is 10.2. The predicted octanol–water partition coefficient (Wildman–Crippen LogP) is 1.61. The molecule has 0 radical (unpaired) electrons. The van der Waals surface area contributed by atoms with E-state index in [1.54, 1.807) is 0 Å². The summed E-state index contributed by atoms with van der Waals surface area (Å²) >= 11 is 0. The van der Waals surface area contributed by atoms with E-state index >= 15 is 0 Å². The van der Waals surface area contributed by atoms with Crippen LogP contribution in [-0.4, -0.2) is 22.9 Å². The van der Waals surface area contributed by atoms with Crippen molar-refractivity contribution in [2.24, 2.45) is 0 Å². The molecule has 0 aromatic carbocycles. The molecule has 0 fully saturated rings. The van der Waals surface area contributed by atoms with E-state index in [0.29, 0.717) is 12.1 Å². The number of hydrogen-bond donors (Lipinski definition) is 1. The zero-order chi connectivity index (χ0) is 9.84. The SMILES string of the molecule is CNC(C)Cc1ccn(C(C)C)n1. The Morgan fingerprint density at radius 3 is 2.62 bits per heavy atom. The van der Waals surface area contributed by atoms with Crippen molar-refractivity contribution >= 4 is 0 Å². The Morgan fingerprint density at radius 1 is 1.46 bits per heavy atom. The molecule has 0 saturated heterocycles. The molecule has 0 amide bonds. The Labute approximate surface area is 80.1 Å². The fraction of sp³-hybridized carbons (Fsp3) is 0.700. The maximum atomic E-state index is 4.47. The molecular weight excluding hydrogens is 162 g/mol. The highest BCUT2D eigenvalue weighted by Gasteiger charge is 2.05. The number of aromatic nitrogens is 2. The van der Waals surface area contributed by atoms with Crippen LogP contribution >= 0.6 is 0 Å². The van der Waals surface area contributed by atoms with Crippen LogP contribution < -0.4 is 5.32 Å². The van der Waals surface area contributed by atoms with Gasteiger partial charge in [0.2, 0.25) is 0 Å². The third-order valence-electron chi connectivity index (χ3n) is 2.20. The number of hydrogen-bond acceptors (Lipinski definition) is 2. The van der Waals surface area contributed by atoms with E-state index in [1.807, 2.05) is 17.9 Å². The lowest BCUT2D eigenvalue weighted by molar-refractivity contribution is 0.517. The van der Waals surface area contributed by atoms with Crippen LogP contribution in [0.15, 0.2) is 12.3 Å². The highest BCUT2D eigenvalue weighted by atomic mass is 15.3. The average Bonchev–Trinajstić information content (AvgIpc) is 2.52. The average molecular weight is 181 g/mol. The minimum Gasteiger partial charge on any atom is -0.317 e. The van der Waals surface area contributed by atoms with Gasteiger partial charge in [-0.2, -0.15) is 5.10 Å². The van der Waals surface area contributed by atoms with E-state index in [1.165, 1.54) is 0 Å². The fourth-order valence-corrected chi connectivity index (χ4v) is 1.19. The molecule has 0 aliphatic heterocycles. The third-order valence-corrected chi connectivity index (χ3v) is 2.20. The van der Waals surface area contributed by atoms with Gasteiger partial charge in [0.1, 0.15) is 0 Å². The van der Waals surface area contributed by atoms with Gasteiger partial charge < -0.3 is 5.32 Å². The van der Waals surface area contributed by atoms with Crippen LogP contribution in [0.3, 0.4) is 0 Å².